The van der Waals surface area contributed by atoms with Crippen molar-refractivity contribution in [2.75, 3.05) is 24.1 Å². The van der Waals surface area contributed by atoms with E-state index in [1.807, 2.05) is 18.2 Å². The van der Waals surface area contributed by atoms with Crippen LogP contribution in [-0.4, -0.2) is 19.0 Å². The van der Waals surface area contributed by atoms with Gasteiger partial charge in [-0.3, -0.25) is 4.99 Å². The lowest BCUT2D eigenvalue weighted by molar-refractivity contribution is 0.959. The second kappa shape index (κ2) is 4.21. The maximum atomic E-state index is 5.76. The molecule has 1 heterocycles. The number of nitrogens with two attached hydrogens (primary N) is 1. The number of aryl methyl sites for hydroxylation is 1. The molecule has 4 heteroatoms. The van der Waals surface area contributed by atoms with Crippen LogP contribution in [-0.2, 0) is 6.42 Å². The third-order valence-electron chi connectivity index (χ3n) is 2.44. The monoisotopic (exact) mass is 204 g/mol. The van der Waals surface area contributed by atoms with Crippen LogP contribution in [0.4, 0.5) is 11.4 Å². The van der Waals surface area contributed by atoms with Gasteiger partial charge in [-0.1, -0.05) is 13.0 Å². The molecule has 0 saturated carbocycles. The summed E-state index contributed by atoms with van der Waals surface area (Å²) in [6, 6.07) is 5.92. The Morgan fingerprint density at radius 3 is 3.07 bits per heavy atom. The average Bonchev–Trinajstić information content (AvgIpc) is 2.71. The van der Waals surface area contributed by atoms with E-state index in [2.05, 4.69) is 22.5 Å². The third-order valence-corrected chi connectivity index (χ3v) is 2.44. The van der Waals surface area contributed by atoms with Crippen molar-refractivity contribution in [3.05, 3.63) is 23.8 Å². The maximum Gasteiger partial charge on any atom is 0.195 e. The van der Waals surface area contributed by atoms with Gasteiger partial charge >= 0.3 is 0 Å². The SMILES string of the molecule is CCc1ccc(N)cc1NC1=NCCN1. The fraction of sp³-hybridized carbons (Fsp3) is 0.364. The predicted octanol–water partition coefficient (Wildman–Crippen LogP) is 1.20. The molecule has 1 aliphatic heterocycles. The Morgan fingerprint density at radius 1 is 1.53 bits per heavy atom. The van der Waals surface area contributed by atoms with Crippen LogP contribution >= 0.6 is 0 Å². The van der Waals surface area contributed by atoms with Gasteiger partial charge in [-0.25, -0.2) is 0 Å². The summed E-state index contributed by atoms with van der Waals surface area (Å²) >= 11 is 0. The number of hydrogen-bond donors (Lipinski definition) is 3. The first kappa shape index (κ1) is 9.83. The number of nitrogen functional groups attached to an aromatic ring is 1. The van der Waals surface area contributed by atoms with Gasteiger partial charge in [-0.15, -0.1) is 0 Å². The molecule has 80 valence electrons. The highest BCUT2D eigenvalue weighted by Gasteiger charge is 2.07. The van der Waals surface area contributed by atoms with Crippen LogP contribution in [0, 0.1) is 0 Å². The first-order chi connectivity index (χ1) is 7.29. The van der Waals surface area contributed by atoms with Gasteiger partial charge in [0.15, 0.2) is 5.96 Å². The molecule has 1 aliphatic rings. The van der Waals surface area contributed by atoms with Crippen molar-refractivity contribution in [3.63, 3.8) is 0 Å². The molecule has 0 aliphatic carbocycles. The molecule has 0 atom stereocenters. The van der Waals surface area contributed by atoms with Crippen molar-refractivity contribution >= 4 is 17.3 Å². The Bertz CT molecular complexity index is 384. The van der Waals surface area contributed by atoms with Gasteiger partial charge in [0, 0.05) is 17.9 Å². The van der Waals surface area contributed by atoms with Gasteiger partial charge in [0.25, 0.3) is 0 Å². The highest BCUT2D eigenvalue weighted by Crippen LogP contribution is 2.19. The Labute approximate surface area is 89.6 Å². The predicted molar refractivity (Wildman–Crippen MR) is 64.2 cm³/mol. The van der Waals surface area contributed by atoms with Crippen LogP contribution in [0.5, 0.6) is 0 Å². The zero-order valence-electron chi connectivity index (χ0n) is 8.88. The van der Waals surface area contributed by atoms with Crippen molar-refractivity contribution < 1.29 is 0 Å². The third kappa shape index (κ3) is 2.21. The Hall–Kier alpha value is -1.71. The zero-order valence-corrected chi connectivity index (χ0v) is 8.88. The van der Waals surface area contributed by atoms with Gasteiger partial charge in [0.2, 0.25) is 0 Å². The molecular formula is C11H16N4. The zero-order chi connectivity index (χ0) is 10.7. The summed E-state index contributed by atoms with van der Waals surface area (Å²) in [5.41, 5.74) is 8.83. The second-order valence-corrected chi connectivity index (χ2v) is 3.55. The lowest BCUT2D eigenvalue weighted by Gasteiger charge is -2.11. The molecule has 4 nitrogen and oxygen atoms in total. The Balaban J connectivity index is 2.21. The summed E-state index contributed by atoms with van der Waals surface area (Å²) in [7, 11) is 0. The van der Waals surface area contributed by atoms with Crippen LogP contribution < -0.4 is 16.4 Å². The molecule has 0 aromatic heterocycles. The lowest BCUT2D eigenvalue weighted by atomic mass is 10.1. The van der Waals surface area contributed by atoms with Crippen molar-refractivity contribution in [2.24, 2.45) is 4.99 Å². The molecule has 2 rings (SSSR count). The number of benzene rings is 1. The highest BCUT2D eigenvalue weighted by atomic mass is 15.2. The number of nitrogens with zero attached hydrogens (tertiary/aromatic N) is 1. The lowest BCUT2D eigenvalue weighted by Crippen LogP contribution is -2.26. The fourth-order valence-corrected chi connectivity index (χ4v) is 1.63. The molecule has 15 heavy (non-hydrogen) atoms. The maximum absolute atomic E-state index is 5.76. The van der Waals surface area contributed by atoms with Gasteiger partial charge < -0.3 is 16.4 Å². The van der Waals surface area contributed by atoms with E-state index in [0.29, 0.717) is 0 Å². The van der Waals surface area contributed by atoms with Gasteiger partial charge in [0.1, 0.15) is 0 Å². The minimum Gasteiger partial charge on any atom is -0.399 e. The molecule has 0 spiro atoms. The summed E-state index contributed by atoms with van der Waals surface area (Å²) in [5, 5.41) is 6.43. The van der Waals surface area contributed by atoms with Crippen molar-refractivity contribution in [2.45, 2.75) is 13.3 Å². The molecule has 0 unspecified atom stereocenters. The molecule has 4 N–H and O–H groups in total. The average molecular weight is 204 g/mol. The van der Waals surface area contributed by atoms with Crippen LogP contribution in [0.25, 0.3) is 0 Å². The minimum absolute atomic E-state index is 0.772. The van der Waals surface area contributed by atoms with E-state index in [-0.39, 0.29) is 0 Å². The molecule has 0 saturated heterocycles. The Kier molecular flexibility index (Phi) is 2.76. The summed E-state index contributed by atoms with van der Waals surface area (Å²) in [4.78, 5) is 4.29. The number of rotatable bonds is 2. The van der Waals surface area contributed by atoms with E-state index < -0.39 is 0 Å². The van der Waals surface area contributed by atoms with Crippen LogP contribution in [0.3, 0.4) is 0 Å². The minimum atomic E-state index is 0.772. The summed E-state index contributed by atoms with van der Waals surface area (Å²) < 4.78 is 0. The Morgan fingerprint density at radius 2 is 2.40 bits per heavy atom. The molecule has 0 fully saturated rings. The van der Waals surface area contributed by atoms with Crippen LogP contribution in [0.2, 0.25) is 0 Å². The molecule has 0 amide bonds. The number of aliphatic imine (C=N–C) groups is 1. The van der Waals surface area contributed by atoms with Gasteiger partial charge in [0.05, 0.1) is 6.54 Å². The standard InChI is InChI=1S/C11H16N4/c1-2-8-3-4-9(12)7-10(8)15-11-13-5-6-14-11/h3-4,7H,2,5-6,12H2,1H3,(H2,13,14,15). The van der Waals surface area contributed by atoms with E-state index in [1.54, 1.807) is 0 Å². The largest absolute Gasteiger partial charge is 0.399 e. The van der Waals surface area contributed by atoms with Crippen LogP contribution in [0.1, 0.15) is 12.5 Å². The highest BCUT2D eigenvalue weighted by molar-refractivity contribution is 5.95. The quantitative estimate of drug-likeness (QED) is 0.634. The number of hydrogen-bond acceptors (Lipinski definition) is 4. The summed E-state index contributed by atoms with van der Waals surface area (Å²) in [6.45, 7) is 3.87. The topological polar surface area (TPSA) is 62.4 Å². The van der Waals surface area contributed by atoms with Crippen molar-refractivity contribution in [1.82, 2.24) is 5.32 Å². The van der Waals surface area contributed by atoms with Crippen molar-refractivity contribution in [3.8, 4) is 0 Å². The smallest absolute Gasteiger partial charge is 0.195 e. The molecule has 1 aromatic rings. The van der Waals surface area contributed by atoms with E-state index in [9.17, 15) is 0 Å². The van der Waals surface area contributed by atoms with Gasteiger partial charge in [-0.05, 0) is 24.1 Å². The first-order valence-electron chi connectivity index (χ1n) is 5.23. The molecular weight excluding hydrogens is 188 g/mol. The molecule has 1 aromatic carbocycles. The number of anilines is 2. The molecule has 0 bridgehead atoms. The van der Waals surface area contributed by atoms with Crippen LogP contribution in [0.15, 0.2) is 23.2 Å². The summed E-state index contributed by atoms with van der Waals surface area (Å²) in [6.07, 6.45) is 0.982. The second-order valence-electron chi connectivity index (χ2n) is 3.55. The van der Waals surface area contributed by atoms with Gasteiger partial charge in [-0.2, -0.15) is 0 Å². The number of guanidine groups is 1. The van der Waals surface area contributed by atoms with E-state index in [1.165, 1.54) is 5.56 Å². The number of nitrogens with one attached hydrogen (secondary N) is 2. The van der Waals surface area contributed by atoms with Crippen molar-refractivity contribution in [1.29, 1.82) is 0 Å². The normalized spacial score (nSPS) is 14.6. The molecule has 0 radical (unpaired) electrons. The fourth-order valence-electron chi connectivity index (χ4n) is 1.63. The summed E-state index contributed by atoms with van der Waals surface area (Å²) in [5.74, 6) is 0.843. The first-order valence-corrected chi connectivity index (χ1v) is 5.23. The van der Waals surface area contributed by atoms with E-state index >= 15 is 0 Å². The van der Waals surface area contributed by atoms with E-state index in [4.69, 9.17) is 5.73 Å². The van der Waals surface area contributed by atoms with E-state index in [0.717, 1.165) is 36.8 Å².